The summed E-state index contributed by atoms with van der Waals surface area (Å²) in [5, 5.41) is 0.226. The van der Waals surface area contributed by atoms with E-state index in [2.05, 4.69) is 15.9 Å². The molecule has 0 unspecified atom stereocenters. The Hall–Kier alpha value is -0.740. The molecule has 1 amide bonds. The molecule has 70 valence electrons. The maximum absolute atomic E-state index is 11.0. The summed E-state index contributed by atoms with van der Waals surface area (Å²) < 4.78 is 5.49. The van der Waals surface area contributed by atoms with Gasteiger partial charge < -0.3 is 10.5 Å². The summed E-state index contributed by atoms with van der Waals surface area (Å²) in [6, 6.07) is 3.31. The summed E-state index contributed by atoms with van der Waals surface area (Å²) in [7, 11) is 1.47. The molecule has 1 aromatic rings. The Labute approximate surface area is 88.9 Å². The largest absolute Gasteiger partial charge is 0.495 e. The van der Waals surface area contributed by atoms with Gasteiger partial charge in [0.15, 0.2) is 0 Å². The average Bonchev–Trinajstić information content (AvgIpc) is 2.04. The summed E-state index contributed by atoms with van der Waals surface area (Å²) in [5.74, 6) is -0.158. The van der Waals surface area contributed by atoms with Gasteiger partial charge in [-0.25, -0.2) is 0 Å². The molecule has 0 spiro atoms. The van der Waals surface area contributed by atoms with E-state index in [1.165, 1.54) is 7.11 Å². The number of amides is 1. The van der Waals surface area contributed by atoms with Crippen molar-refractivity contribution >= 4 is 33.4 Å². The van der Waals surface area contributed by atoms with Gasteiger partial charge in [0.25, 0.3) is 5.91 Å². The van der Waals surface area contributed by atoms with Crippen molar-refractivity contribution in [2.24, 2.45) is 5.73 Å². The summed E-state index contributed by atoms with van der Waals surface area (Å²) in [5.41, 5.74) is 5.37. The molecule has 0 radical (unpaired) electrons. The van der Waals surface area contributed by atoms with Crippen LogP contribution in [0.4, 0.5) is 0 Å². The number of nitrogens with two attached hydrogens (primary N) is 1. The van der Waals surface area contributed by atoms with Crippen LogP contribution in [-0.2, 0) is 0 Å². The first-order chi connectivity index (χ1) is 6.07. The Kier molecular flexibility index (Phi) is 3.17. The third kappa shape index (κ3) is 1.95. The van der Waals surface area contributed by atoms with Crippen LogP contribution in [0.2, 0.25) is 5.02 Å². The molecule has 3 nitrogen and oxygen atoms in total. The fraction of sp³-hybridized carbons (Fsp3) is 0.125. The van der Waals surface area contributed by atoms with Crippen molar-refractivity contribution in [1.82, 2.24) is 0 Å². The van der Waals surface area contributed by atoms with E-state index in [-0.39, 0.29) is 10.6 Å². The third-order valence-electron chi connectivity index (χ3n) is 1.52. The molecule has 2 N–H and O–H groups in total. The van der Waals surface area contributed by atoms with E-state index in [1.54, 1.807) is 12.1 Å². The molecule has 0 bridgehead atoms. The van der Waals surface area contributed by atoms with Crippen molar-refractivity contribution in [2.45, 2.75) is 0 Å². The van der Waals surface area contributed by atoms with Crippen molar-refractivity contribution in [1.29, 1.82) is 0 Å². The number of halogens is 2. The Morgan fingerprint density at radius 3 is 2.69 bits per heavy atom. The lowest BCUT2D eigenvalue weighted by Crippen LogP contribution is -2.12. The number of carbonyl (C=O) groups is 1. The van der Waals surface area contributed by atoms with Gasteiger partial charge in [-0.15, -0.1) is 0 Å². The summed E-state index contributed by atoms with van der Waals surface area (Å²) >= 11 is 9.02. The molecule has 0 aromatic heterocycles. The van der Waals surface area contributed by atoms with E-state index in [9.17, 15) is 4.79 Å². The molecule has 0 saturated heterocycles. The third-order valence-corrected chi connectivity index (χ3v) is 2.56. The number of benzene rings is 1. The highest BCUT2D eigenvalue weighted by atomic mass is 79.9. The number of carbonyl (C=O) groups excluding carboxylic acids is 1. The van der Waals surface area contributed by atoms with Crippen LogP contribution in [-0.4, -0.2) is 13.0 Å². The van der Waals surface area contributed by atoms with Gasteiger partial charge in [0.2, 0.25) is 0 Å². The number of hydrogen-bond donors (Lipinski definition) is 1. The van der Waals surface area contributed by atoms with Gasteiger partial charge in [0.05, 0.1) is 17.7 Å². The minimum Gasteiger partial charge on any atom is -0.495 e. The molecule has 1 rings (SSSR count). The van der Waals surface area contributed by atoms with E-state index >= 15 is 0 Å². The van der Waals surface area contributed by atoms with Gasteiger partial charge in [-0.05, 0) is 28.1 Å². The Bertz CT molecular complexity index is 354. The summed E-state index contributed by atoms with van der Waals surface area (Å²) in [6.07, 6.45) is 0. The van der Waals surface area contributed by atoms with Crippen molar-refractivity contribution in [3.8, 4) is 5.75 Å². The smallest absolute Gasteiger partial charge is 0.251 e. The van der Waals surface area contributed by atoms with Crippen molar-refractivity contribution in [3.05, 3.63) is 27.2 Å². The van der Waals surface area contributed by atoms with Crippen LogP contribution >= 0.6 is 27.5 Å². The first kappa shape index (κ1) is 10.3. The minimum absolute atomic E-state index is 0.226. The number of methoxy groups -OCH3 is 1. The molecule has 0 saturated carbocycles. The molecule has 0 aliphatic heterocycles. The number of rotatable bonds is 2. The topological polar surface area (TPSA) is 52.3 Å². The fourth-order valence-corrected chi connectivity index (χ4v) is 1.89. The molecule has 0 atom stereocenters. The zero-order chi connectivity index (χ0) is 10.0. The Balaban J connectivity index is 3.38. The molecule has 0 fully saturated rings. The zero-order valence-corrected chi connectivity index (χ0v) is 9.15. The van der Waals surface area contributed by atoms with Crippen LogP contribution in [0.5, 0.6) is 5.75 Å². The van der Waals surface area contributed by atoms with E-state index in [4.69, 9.17) is 22.1 Å². The van der Waals surface area contributed by atoms with Gasteiger partial charge in [0, 0.05) is 4.47 Å². The highest BCUT2D eigenvalue weighted by Gasteiger charge is 2.14. The second-order valence-corrected chi connectivity index (χ2v) is 3.54. The quantitative estimate of drug-likeness (QED) is 0.890. The molecule has 5 heteroatoms. The predicted octanol–water partition coefficient (Wildman–Crippen LogP) is 2.21. The second kappa shape index (κ2) is 3.98. The average molecular weight is 265 g/mol. The van der Waals surface area contributed by atoms with Gasteiger partial charge in [-0.2, -0.15) is 0 Å². The molecule has 0 aliphatic rings. The lowest BCUT2D eigenvalue weighted by molar-refractivity contribution is 0.0999. The van der Waals surface area contributed by atoms with Crippen molar-refractivity contribution < 1.29 is 9.53 Å². The molecule has 0 aliphatic carbocycles. The van der Waals surface area contributed by atoms with E-state index in [0.717, 1.165) is 0 Å². The van der Waals surface area contributed by atoms with E-state index in [1.807, 2.05) is 0 Å². The predicted molar refractivity (Wildman–Crippen MR) is 54.2 cm³/mol. The van der Waals surface area contributed by atoms with E-state index in [0.29, 0.717) is 10.2 Å². The number of ether oxygens (including phenoxy) is 1. The van der Waals surface area contributed by atoms with Crippen LogP contribution in [0.15, 0.2) is 16.6 Å². The van der Waals surface area contributed by atoms with Crippen LogP contribution in [0, 0.1) is 0 Å². The van der Waals surface area contributed by atoms with Gasteiger partial charge in [0.1, 0.15) is 5.75 Å². The first-order valence-electron chi connectivity index (χ1n) is 3.39. The summed E-state index contributed by atoms with van der Waals surface area (Å²) in [6.45, 7) is 0. The Morgan fingerprint density at radius 1 is 1.62 bits per heavy atom. The lowest BCUT2D eigenvalue weighted by Gasteiger charge is -2.07. The van der Waals surface area contributed by atoms with Gasteiger partial charge >= 0.3 is 0 Å². The second-order valence-electron chi connectivity index (χ2n) is 2.30. The SMILES string of the molecule is COc1ccc(Br)c(C(N)=O)c1Cl. The number of primary amides is 1. The molecular formula is C8H7BrClNO2. The summed E-state index contributed by atoms with van der Waals surface area (Å²) in [4.78, 5) is 11.0. The maximum Gasteiger partial charge on any atom is 0.251 e. The molecule has 0 heterocycles. The zero-order valence-electron chi connectivity index (χ0n) is 6.80. The highest BCUT2D eigenvalue weighted by molar-refractivity contribution is 9.10. The van der Waals surface area contributed by atoms with Crippen LogP contribution in [0.3, 0.4) is 0 Å². The Morgan fingerprint density at radius 2 is 2.23 bits per heavy atom. The maximum atomic E-state index is 11.0. The molecule has 1 aromatic carbocycles. The lowest BCUT2D eigenvalue weighted by atomic mass is 10.2. The normalized spacial score (nSPS) is 9.77. The first-order valence-corrected chi connectivity index (χ1v) is 4.56. The standard InChI is InChI=1S/C8H7BrClNO2/c1-13-5-3-2-4(9)6(7(5)10)8(11)12/h2-3H,1H3,(H2,11,12). The molecular weight excluding hydrogens is 257 g/mol. The number of hydrogen-bond acceptors (Lipinski definition) is 2. The van der Waals surface area contributed by atoms with Crippen molar-refractivity contribution in [2.75, 3.05) is 7.11 Å². The van der Waals surface area contributed by atoms with Crippen molar-refractivity contribution in [3.63, 3.8) is 0 Å². The molecule has 13 heavy (non-hydrogen) atoms. The van der Waals surface area contributed by atoms with Crippen LogP contribution < -0.4 is 10.5 Å². The van der Waals surface area contributed by atoms with Crippen LogP contribution in [0.1, 0.15) is 10.4 Å². The van der Waals surface area contributed by atoms with Gasteiger partial charge in [-0.3, -0.25) is 4.79 Å². The highest BCUT2D eigenvalue weighted by Crippen LogP contribution is 2.32. The van der Waals surface area contributed by atoms with E-state index < -0.39 is 5.91 Å². The van der Waals surface area contributed by atoms with Crippen LogP contribution in [0.25, 0.3) is 0 Å². The minimum atomic E-state index is -0.587. The van der Waals surface area contributed by atoms with Gasteiger partial charge in [-0.1, -0.05) is 11.6 Å². The monoisotopic (exact) mass is 263 g/mol. The fourth-order valence-electron chi connectivity index (χ4n) is 0.917.